The van der Waals surface area contributed by atoms with E-state index in [1.807, 2.05) is 0 Å². The number of nitrogens with two attached hydrogens (primary N) is 1. The van der Waals surface area contributed by atoms with Gasteiger partial charge in [0, 0.05) is 0 Å². The maximum atomic E-state index is 11.6. The van der Waals surface area contributed by atoms with Crippen molar-refractivity contribution in [3.63, 3.8) is 0 Å². The fourth-order valence-electron chi connectivity index (χ4n) is 1.85. The number of aromatic nitrogens is 3. The van der Waals surface area contributed by atoms with E-state index in [2.05, 4.69) is 15.2 Å². The first-order valence-corrected chi connectivity index (χ1v) is 6.73. The number of rotatable bonds is 4. The van der Waals surface area contributed by atoms with E-state index in [0.29, 0.717) is 5.16 Å². The van der Waals surface area contributed by atoms with E-state index in [1.165, 1.54) is 18.2 Å². The quantitative estimate of drug-likeness (QED) is 0.624. The maximum Gasteiger partial charge on any atom is 0.316 e. The fourth-order valence-corrected chi connectivity index (χ4v) is 2.44. The summed E-state index contributed by atoms with van der Waals surface area (Å²) in [6.07, 6.45) is 5.65. The normalized spacial score (nSPS) is 16.9. The van der Waals surface area contributed by atoms with Crippen LogP contribution >= 0.6 is 11.8 Å². The van der Waals surface area contributed by atoms with Crippen molar-refractivity contribution in [2.24, 2.45) is 0 Å². The maximum absolute atomic E-state index is 11.6. The molecule has 7 heteroatoms. The molecule has 1 aromatic rings. The minimum atomic E-state index is -0.203. The molecule has 1 aliphatic rings. The molecule has 0 unspecified atom stereocenters. The Kier molecular flexibility index (Phi) is 4.24. The summed E-state index contributed by atoms with van der Waals surface area (Å²) >= 11 is 1.23. The molecule has 1 fully saturated rings. The zero-order chi connectivity index (χ0) is 12.1. The molecule has 0 saturated heterocycles. The monoisotopic (exact) mass is 256 g/mol. The van der Waals surface area contributed by atoms with Gasteiger partial charge in [-0.25, -0.2) is 5.10 Å². The molecule has 0 aromatic carbocycles. The molecule has 6 nitrogen and oxygen atoms in total. The Bertz CT molecular complexity index is 376. The Morgan fingerprint density at radius 3 is 2.88 bits per heavy atom. The minimum Gasteiger partial charge on any atom is -0.462 e. The van der Waals surface area contributed by atoms with Crippen LogP contribution in [0.5, 0.6) is 0 Å². The van der Waals surface area contributed by atoms with E-state index < -0.39 is 0 Å². The summed E-state index contributed by atoms with van der Waals surface area (Å²) in [5.74, 6) is 0.284. The van der Waals surface area contributed by atoms with E-state index in [9.17, 15) is 4.79 Å². The zero-order valence-electron chi connectivity index (χ0n) is 9.52. The first-order valence-electron chi connectivity index (χ1n) is 5.74. The lowest BCUT2D eigenvalue weighted by atomic mass is 9.98. The van der Waals surface area contributed by atoms with E-state index in [-0.39, 0.29) is 23.8 Å². The Balaban J connectivity index is 1.70. The first-order chi connectivity index (χ1) is 8.24. The average Bonchev–Trinajstić information content (AvgIpc) is 2.74. The van der Waals surface area contributed by atoms with E-state index in [4.69, 9.17) is 10.5 Å². The molecule has 2 rings (SSSR count). The lowest BCUT2D eigenvalue weighted by molar-refractivity contribution is -0.147. The second-order valence-electron chi connectivity index (χ2n) is 4.04. The van der Waals surface area contributed by atoms with Crippen molar-refractivity contribution in [1.29, 1.82) is 0 Å². The summed E-state index contributed by atoms with van der Waals surface area (Å²) in [6.45, 7) is 0. The van der Waals surface area contributed by atoms with Gasteiger partial charge in [0.05, 0.1) is 5.75 Å². The van der Waals surface area contributed by atoms with E-state index >= 15 is 0 Å². The Morgan fingerprint density at radius 1 is 1.47 bits per heavy atom. The summed E-state index contributed by atoms with van der Waals surface area (Å²) < 4.78 is 5.36. The van der Waals surface area contributed by atoms with Crippen LogP contribution in [0.2, 0.25) is 0 Å². The molecule has 0 amide bonds. The predicted molar refractivity (Wildman–Crippen MR) is 64.5 cm³/mol. The molecule has 3 N–H and O–H groups in total. The highest BCUT2D eigenvalue weighted by molar-refractivity contribution is 7.99. The Hall–Kier alpha value is -1.24. The second kappa shape index (κ2) is 5.90. The summed E-state index contributed by atoms with van der Waals surface area (Å²) in [6, 6.07) is 0. The van der Waals surface area contributed by atoms with Gasteiger partial charge >= 0.3 is 5.97 Å². The topological polar surface area (TPSA) is 93.9 Å². The highest BCUT2D eigenvalue weighted by Crippen LogP contribution is 2.21. The molecule has 0 aliphatic heterocycles. The molecule has 94 valence electrons. The fraction of sp³-hybridized carbons (Fsp3) is 0.700. The van der Waals surface area contributed by atoms with Crippen LogP contribution in [0.1, 0.15) is 32.1 Å². The Morgan fingerprint density at radius 2 is 2.24 bits per heavy atom. The number of nitrogens with zero attached hydrogens (tertiary/aromatic N) is 2. The molecular weight excluding hydrogens is 240 g/mol. The van der Waals surface area contributed by atoms with E-state index in [0.717, 1.165) is 25.7 Å². The number of hydrogen-bond donors (Lipinski definition) is 2. The molecular formula is C10H16N4O2S. The van der Waals surface area contributed by atoms with Gasteiger partial charge in [-0.05, 0) is 25.7 Å². The van der Waals surface area contributed by atoms with Crippen LogP contribution in [-0.4, -0.2) is 33.0 Å². The zero-order valence-corrected chi connectivity index (χ0v) is 10.3. The van der Waals surface area contributed by atoms with Crippen molar-refractivity contribution >= 4 is 23.7 Å². The highest BCUT2D eigenvalue weighted by atomic mass is 32.2. The third kappa shape index (κ3) is 3.92. The molecule has 0 bridgehead atoms. The minimum absolute atomic E-state index is 0.106. The second-order valence-corrected chi connectivity index (χ2v) is 4.98. The van der Waals surface area contributed by atoms with Crippen molar-refractivity contribution in [3.8, 4) is 0 Å². The smallest absolute Gasteiger partial charge is 0.316 e. The number of ether oxygens (including phenoxy) is 1. The third-order valence-electron chi connectivity index (χ3n) is 2.65. The van der Waals surface area contributed by atoms with E-state index in [1.54, 1.807) is 0 Å². The molecule has 0 spiro atoms. The molecule has 1 aliphatic carbocycles. The van der Waals surface area contributed by atoms with Gasteiger partial charge in [-0.1, -0.05) is 18.2 Å². The van der Waals surface area contributed by atoms with Crippen molar-refractivity contribution in [1.82, 2.24) is 15.2 Å². The molecule has 0 atom stereocenters. The van der Waals surface area contributed by atoms with Crippen LogP contribution in [0.15, 0.2) is 5.16 Å². The molecule has 1 saturated carbocycles. The van der Waals surface area contributed by atoms with Gasteiger partial charge in [0.15, 0.2) is 0 Å². The van der Waals surface area contributed by atoms with Gasteiger partial charge in [-0.3, -0.25) is 4.79 Å². The van der Waals surface area contributed by atoms with Crippen molar-refractivity contribution in [2.75, 3.05) is 11.5 Å². The summed E-state index contributed by atoms with van der Waals surface area (Å²) in [4.78, 5) is 15.4. The number of anilines is 1. The number of nitrogen functional groups attached to an aromatic ring is 1. The standard InChI is InChI=1S/C10H16N4O2S/c11-9-12-10(14-13-9)17-6-8(15)16-7-4-2-1-3-5-7/h7H,1-6H2,(H3,11,12,13,14). The number of hydrogen-bond acceptors (Lipinski definition) is 6. The summed E-state index contributed by atoms with van der Waals surface area (Å²) in [5, 5.41) is 6.82. The van der Waals surface area contributed by atoms with Gasteiger partial charge in [0.1, 0.15) is 6.10 Å². The number of carbonyl (C=O) groups excluding carboxylic acids is 1. The SMILES string of the molecule is Nc1nc(SCC(=O)OC2CCCCC2)n[nH]1. The van der Waals surface area contributed by atoms with Crippen LogP contribution < -0.4 is 5.73 Å². The summed E-state index contributed by atoms with van der Waals surface area (Å²) in [5.41, 5.74) is 5.38. The van der Waals surface area contributed by atoms with Gasteiger partial charge in [0.2, 0.25) is 11.1 Å². The molecule has 0 radical (unpaired) electrons. The number of carbonyl (C=O) groups is 1. The van der Waals surface area contributed by atoms with Crippen molar-refractivity contribution in [2.45, 2.75) is 43.4 Å². The van der Waals surface area contributed by atoms with Gasteiger partial charge in [-0.2, -0.15) is 4.98 Å². The number of nitrogens with one attached hydrogen (secondary N) is 1. The number of H-pyrrole nitrogens is 1. The third-order valence-corrected chi connectivity index (χ3v) is 3.47. The lowest BCUT2D eigenvalue weighted by Gasteiger charge is -2.21. The molecule has 17 heavy (non-hydrogen) atoms. The van der Waals surface area contributed by atoms with Crippen LogP contribution in [0.4, 0.5) is 5.95 Å². The first kappa shape index (κ1) is 12.2. The van der Waals surface area contributed by atoms with Crippen molar-refractivity contribution < 1.29 is 9.53 Å². The van der Waals surface area contributed by atoms with Gasteiger partial charge in [0.25, 0.3) is 0 Å². The molecule has 1 aromatic heterocycles. The average molecular weight is 256 g/mol. The number of thioether (sulfide) groups is 1. The molecule has 1 heterocycles. The Labute approximate surface area is 104 Å². The van der Waals surface area contributed by atoms with Crippen LogP contribution in [0.25, 0.3) is 0 Å². The summed E-state index contributed by atoms with van der Waals surface area (Å²) in [7, 11) is 0. The number of esters is 1. The van der Waals surface area contributed by atoms with Crippen LogP contribution in [-0.2, 0) is 9.53 Å². The van der Waals surface area contributed by atoms with Gasteiger partial charge in [-0.15, -0.1) is 5.10 Å². The largest absolute Gasteiger partial charge is 0.462 e. The van der Waals surface area contributed by atoms with Gasteiger partial charge < -0.3 is 10.5 Å². The van der Waals surface area contributed by atoms with Crippen molar-refractivity contribution in [3.05, 3.63) is 0 Å². The highest BCUT2D eigenvalue weighted by Gasteiger charge is 2.18. The number of aromatic amines is 1. The van der Waals surface area contributed by atoms with Crippen LogP contribution in [0.3, 0.4) is 0 Å². The lowest BCUT2D eigenvalue weighted by Crippen LogP contribution is -2.21. The predicted octanol–water partition coefficient (Wildman–Crippen LogP) is 1.35. The van der Waals surface area contributed by atoms with Crippen LogP contribution in [0, 0.1) is 0 Å².